The van der Waals surface area contributed by atoms with E-state index in [9.17, 15) is 9.90 Å². The number of carbonyl (C=O) groups is 1. The van der Waals surface area contributed by atoms with E-state index in [4.69, 9.17) is 0 Å². The van der Waals surface area contributed by atoms with Crippen molar-refractivity contribution >= 4 is 5.97 Å². The van der Waals surface area contributed by atoms with Crippen LogP contribution >= 0.6 is 0 Å². The van der Waals surface area contributed by atoms with Crippen molar-refractivity contribution in [3.05, 3.63) is 70.8 Å². The smallest absolute Gasteiger partial charge is 0.318 e. The van der Waals surface area contributed by atoms with E-state index < -0.39 is 11.4 Å². The Kier molecular flexibility index (Phi) is 5.24. The number of benzene rings is 2. The van der Waals surface area contributed by atoms with Gasteiger partial charge in [-0.3, -0.25) is 4.79 Å². The van der Waals surface area contributed by atoms with Gasteiger partial charge in [0.2, 0.25) is 0 Å². The van der Waals surface area contributed by atoms with E-state index in [0.29, 0.717) is 0 Å². The molecule has 0 aliphatic carbocycles. The Morgan fingerprint density at radius 2 is 1.15 bits per heavy atom. The quantitative estimate of drug-likeness (QED) is 0.876. The van der Waals surface area contributed by atoms with Crippen molar-refractivity contribution in [3.8, 4) is 0 Å². The molecule has 0 aliphatic heterocycles. The summed E-state index contributed by atoms with van der Waals surface area (Å²) in [7, 11) is 0. The maximum absolute atomic E-state index is 11.8. The van der Waals surface area contributed by atoms with Crippen molar-refractivity contribution in [2.24, 2.45) is 0 Å². The van der Waals surface area contributed by atoms with Crippen LogP contribution in [0.15, 0.2) is 48.5 Å². The average Bonchev–Trinajstić information content (AvgIpc) is 2.39. The summed E-state index contributed by atoms with van der Waals surface area (Å²) in [4.78, 5) is 11.8. The van der Waals surface area contributed by atoms with Crippen molar-refractivity contribution in [2.75, 3.05) is 0 Å². The van der Waals surface area contributed by atoms with Gasteiger partial charge in [0.15, 0.2) is 0 Å². The molecule has 20 heavy (non-hydrogen) atoms. The van der Waals surface area contributed by atoms with Crippen LogP contribution in [0.3, 0.4) is 0 Å². The molecular weight excluding hydrogens is 302 g/mol. The Morgan fingerprint density at radius 3 is 1.40 bits per heavy atom. The van der Waals surface area contributed by atoms with Crippen LogP contribution in [-0.4, -0.2) is 11.1 Å². The first kappa shape index (κ1) is 16.6. The molecule has 0 fully saturated rings. The molecule has 100 valence electrons. The van der Waals surface area contributed by atoms with Crippen molar-refractivity contribution in [3.63, 3.8) is 0 Å². The normalized spacial score (nSPS) is 10.8. The minimum atomic E-state index is -1.01. The van der Waals surface area contributed by atoms with Crippen LogP contribution in [-0.2, 0) is 29.7 Å². The standard InChI is InChI=1S/C17H18O2.Zn/c1-12-4-8-14(9-5-12)17(3,16(18)19)15-10-6-13(2)7-11-15;/h4-11H,1-3H3,(H,18,19);. The summed E-state index contributed by atoms with van der Waals surface area (Å²) in [6.07, 6.45) is 0. The second-order valence-electron chi connectivity index (χ2n) is 5.16. The molecule has 2 rings (SSSR count). The van der Waals surface area contributed by atoms with E-state index in [1.165, 1.54) is 0 Å². The second kappa shape index (κ2) is 6.32. The number of aliphatic carboxylic acids is 1. The first-order valence-electron chi connectivity index (χ1n) is 6.32. The van der Waals surface area contributed by atoms with Crippen LogP contribution in [0.25, 0.3) is 0 Å². The molecule has 0 amide bonds. The molecule has 0 radical (unpaired) electrons. The minimum absolute atomic E-state index is 0. The fourth-order valence-electron chi connectivity index (χ4n) is 2.19. The number of carboxylic acid groups (broad SMARTS) is 1. The largest absolute Gasteiger partial charge is 0.480 e. The summed E-state index contributed by atoms with van der Waals surface area (Å²) in [5, 5.41) is 9.68. The Bertz CT molecular complexity index is 540. The summed E-state index contributed by atoms with van der Waals surface area (Å²) in [5.74, 6) is -0.833. The Hall–Kier alpha value is -1.47. The first-order chi connectivity index (χ1) is 8.94. The van der Waals surface area contributed by atoms with Crippen LogP contribution in [0.2, 0.25) is 0 Å². The van der Waals surface area contributed by atoms with Crippen LogP contribution in [0, 0.1) is 13.8 Å². The molecule has 2 aromatic carbocycles. The fourth-order valence-corrected chi connectivity index (χ4v) is 2.19. The number of rotatable bonds is 3. The van der Waals surface area contributed by atoms with Crippen molar-refractivity contribution < 1.29 is 29.4 Å². The summed E-state index contributed by atoms with van der Waals surface area (Å²) >= 11 is 0. The second-order valence-corrected chi connectivity index (χ2v) is 5.16. The van der Waals surface area contributed by atoms with Crippen LogP contribution in [0.1, 0.15) is 29.2 Å². The third kappa shape index (κ3) is 2.99. The van der Waals surface area contributed by atoms with Gasteiger partial charge in [0.25, 0.3) is 0 Å². The van der Waals surface area contributed by atoms with Gasteiger partial charge in [-0.25, -0.2) is 0 Å². The third-order valence-corrected chi connectivity index (χ3v) is 3.69. The van der Waals surface area contributed by atoms with Crippen LogP contribution < -0.4 is 0 Å². The molecule has 1 N–H and O–H groups in total. The third-order valence-electron chi connectivity index (χ3n) is 3.69. The van der Waals surface area contributed by atoms with Gasteiger partial charge in [-0.1, -0.05) is 59.7 Å². The van der Waals surface area contributed by atoms with E-state index in [1.807, 2.05) is 62.4 Å². The molecule has 0 atom stereocenters. The molecule has 3 heteroatoms. The molecule has 2 aromatic rings. The molecule has 0 saturated heterocycles. The maximum atomic E-state index is 11.8. The molecular formula is C17H18O2Zn. The van der Waals surface area contributed by atoms with E-state index >= 15 is 0 Å². The minimum Gasteiger partial charge on any atom is -0.480 e. The summed E-state index contributed by atoms with van der Waals surface area (Å²) in [6, 6.07) is 15.4. The fraction of sp³-hybridized carbons (Fsp3) is 0.235. The van der Waals surface area contributed by atoms with Gasteiger partial charge < -0.3 is 5.11 Å². The number of hydrogen-bond donors (Lipinski definition) is 1. The van der Waals surface area contributed by atoms with Crippen molar-refractivity contribution in [1.82, 2.24) is 0 Å². The van der Waals surface area contributed by atoms with Gasteiger partial charge in [0.05, 0.1) is 0 Å². The summed E-state index contributed by atoms with van der Waals surface area (Å²) in [6.45, 7) is 5.74. The number of carboxylic acids is 1. The SMILES string of the molecule is Cc1ccc(C(C)(C(=O)O)c2ccc(C)cc2)cc1.[Zn]. The van der Waals surface area contributed by atoms with Gasteiger partial charge >= 0.3 is 5.97 Å². The molecule has 0 aromatic heterocycles. The maximum Gasteiger partial charge on any atom is 0.318 e. The average molecular weight is 320 g/mol. The van der Waals surface area contributed by atoms with Crippen molar-refractivity contribution in [1.29, 1.82) is 0 Å². The topological polar surface area (TPSA) is 37.3 Å². The predicted molar refractivity (Wildman–Crippen MR) is 76.4 cm³/mol. The molecule has 0 aliphatic rings. The van der Waals surface area contributed by atoms with Gasteiger partial charge in [-0.05, 0) is 31.9 Å². The Balaban J connectivity index is 0.00000200. The summed E-state index contributed by atoms with van der Waals surface area (Å²) in [5.41, 5.74) is 2.84. The van der Waals surface area contributed by atoms with Gasteiger partial charge in [0, 0.05) is 19.5 Å². The molecule has 2 nitrogen and oxygen atoms in total. The number of aryl methyl sites for hydroxylation is 2. The predicted octanol–water partition coefficient (Wildman–Crippen LogP) is 3.69. The zero-order valence-corrected chi connectivity index (χ0v) is 15.1. The molecule has 0 saturated carbocycles. The molecule has 0 bridgehead atoms. The first-order valence-corrected chi connectivity index (χ1v) is 6.32. The van der Waals surface area contributed by atoms with E-state index in [-0.39, 0.29) is 19.5 Å². The van der Waals surface area contributed by atoms with E-state index in [2.05, 4.69) is 0 Å². The molecule has 0 spiro atoms. The van der Waals surface area contributed by atoms with Crippen molar-refractivity contribution in [2.45, 2.75) is 26.2 Å². The van der Waals surface area contributed by atoms with E-state index in [0.717, 1.165) is 22.3 Å². The van der Waals surface area contributed by atoms with Crippen LogP contribution in [0.5, 0.6) is 0 Å². The molecule has 0 unspecified atom stereocenters. The van der Waals surface area contributed by atoms with Crippen LogP contribution in [0.4, 0.5) is 0 Å². The zero-order chi connectivity index (χ0) is 14.0. The Morgan fingerprint density at radius 1 is 0.850 bits per heavy atom. The Labute approximate surface area is 132 Å². The van der Waals surface area contributed by atoms with Gasteiger partial charge in [0.1, 0.15) is 5.41 Å². The van der Waals surface area contributed by atoms with Gasteiger partial charge in [-0.15, -0.1) is 0 Å². The van der Waals surface area contributed by atoms with Gasteiger partial charge in [-0.2, -0.15) is 0 Å². The zero-order valence-electron chi connectivity index (χ0n) is 12.2. The van der Waals surface area contributed by atoms with E-state index in [1.54, 1.807) is 6.92 Å². The number of hydrogen-bond acceptors (Lipinski definition) is 1. The monoisotopic (exact) mass is 318 g/mol. The molecule has 0 heterocycles. The summed E-state index contributed by atoms with van der Waals surface area (Å²) < 4.78 is 0.